The Hall–Kier alpha value is -14.2. The van der Waals surface area contributed by atoms with Gasteiger partial charge in [-0.2, -0.15) is 0 Å². The number of nitrogens with one attached hydrogen (secondary N) is 9. The van der Waals surface area contributed by atoms with Crippen LogP contribution in [-0.2, 0) is 6.42 Å². The first-order chi connectivity index (χ1) is 58.6. The summed E-state index contributed by atoms with van der Waals surface area (Å²) in [5, 5.41) is 29.4. The molecule has 0 atom stereocenters. The number of aromatic nitrogens is 13. The number of carbonyl (C=O) groups excluding carboxylic acids is 4. The summed E-state index contributed by atoms with van der Waals surface area (Å²) in [6.45, 7) is 15.0. The van der Waals surface area contributed by atoms with Crippen molar-refractivity contribution >= 4 is 101 Å². The molecule has 15 heterocycles. The summed E-state index contributed by atoms with van der Waals surface area (Å²) in [5.41, 5.74) is 13.4. The van der Waals surface area contributed by atoms with Crippen molar-refractivity contribution in [1.82, 2.24) is 86.1 Å². The molecule has 4 saturated heterocycles. The summed E-state index contributed by atoms with van der Waals surface area (Å²) in [6, 6.07) is 43.5. The second-order valence-corrected chi connectivity index (χ2v) is 28.9. The predicted octanol–water partition coefficient (Wildman–Crippen LogP) is 13.0. The fourth-order valence-corrected chi connectivity index (χ4v) is 15.1. The number of pyridine rings is 4. The van der Waals surface area contributed by atoms with Crippen LogP contribution in [0, 0.1) is 0 Å². The van der Waals surface area contributed by atoms with Crippen LogP contribution in [0.1, 0.15) is 77.2 Å². The summed E-state index contributed by atoms with van der Waals surface area (Å²) in [7, 11) is 1.61. The van der Waals surface area contributed by atoms with Crippen LogP contribution in [0.25, 0.3) is 66.5 Å². The van der Waals surface area contributed by atoms with Gasteiger partial charge in [0.25, 0.3) is 23.6 Å². The lowest BCUT2D eigenvalue weighted by atomic mass is 10.1. The van der Waals surface area contributed by atoms with Crippen LogP contribution in [0.15, 0.2) is 225 Å². The van der Waals surface area contributed by atoms with E-state index in [-0.39, 0.29) is 53.3 Å². The minimum Gasteiger partial charge on any atom is -0.497 e. The molecule has 0 spiro atoms. The number of hydrogen-bond donors (Lipinski definition) is 9. The van der Waals surface area contributed by atoms with Gasteiger partial charge in [-0.15, -0.1) is 11.3 Å². The molecule has 0 unspecified atom stereocenters. The summed E-state index contributed by atoms with van der Waals surface area (Å²) in [4.78, 5) is 116. The van der Waals surface area contributed by atoms with Gasteiger partial charge in [-0.1, -0.05) is 41.8 Å². The Kier molecular flexibility index (Phi) is 30.6. The average molecular weight is 1670 g/mol. The zero-order chi connectivity index (χ0) is 81.1. The fraction of sp³-hybridized carbons (Fsp3) is 0.253. The molecule has 14 aromatic rings. The number of rotatable bonds is 17. The number of benzene rings is 4. The van der Waals surface area contributed by atoms with Gasteiger partial charge in [0.05, 0.1) is 84.0 Å². The van der Waals surface area contributed by atoms with Crippen molar-refractivity contribution in [3.63, 3.8) is 0 Å². The Balaban J connectivity index is 0.000000148. The lowest BCUT2D eigenvalue weighted by molar-refractivity contribution is 0.101. The molecule has 0 aliphatic carbocycles. The van der Waals surface area contributed by atoms with Crippen molar-refractivity contribution in [2.24, 2.45) is 0 Å². The first-order valence-electron chi connectivity index (χ1n) is 39.2. The fourth-order valence-electron chi connectivity index (χ4n) is 14.3. The summed E-state index contributed by atoms with van der Waals surface area (Å²) >= 11 is 1.69. The first-order valence-corrected chi connectivity index (χ1v) is 40.1. The molecule has 32 heteroatoms. The van der Waals surface area contributed by atoms with E-state index in [4.69, 9.17) is 9.47 Å². The third-order valence-electron chi connectivity index (χ3n) is 20.4. The van der Waals surface area contributed by atoms with E-state index in [0.29, 0.717) is 75.4 Å². The number of ether oxygens (including phenoxy) is 2. The summed E-state index contributed by atoms with van der Waals surface area (Å²) in [5.74, 6) is 2.55. The number of aromatic amines is 1. The number of piperazine rings is 4. The second kappa shape index (κ2) is 42.7. The minimum absolute atomic E-state index is 0. The lowest BCUT2D eigenvalue weighted by Crippen LogP contribution is -2.43. The number of thiophene rings is 1. The smallest absolute Gasteiger partial charge is 0.274 e. The van der Waals surface area contributed by atoms with Crippen molar-refractivity contribution in [3.8, 4) is 57.1 Å². The Morgan fingerprint density at radius 1 is 0.415 bits per heavy atom. The van der Waals surface area contributed by atoms with E-state index in [0.717, 1.165) is 189 Å². The van der Waals surface area contributed by atoms with Gasteiger partial charge in [0, 0.05) is 205 Å². The molecule has 10 aromatic heterocycles. The highest BCUT2D eigenvalue weighted by Crippen LogP contribution is 2.34. The molecule has 0 bridgehead atoms. The number of methoxy groups -OCH3 is 1. The maximum Gasteiger partial charge on any atom is 0.274 e. The molecule has 31 nitrogen and oxygen atoms in total. The van der Waals surface area contributed by atoms with Crippen LogP contribution in [-0.4, -0.2) is 207 Å². The van der Waals surface area contributed by atoms with E-state index in [2.05, 4.69) is 144 Å². The predicted molar refractivity (Wildman–Crippen MR) is 489 cm³/mol. The highest BCUT2D eigenvalue weighted by atomic mass is 32.1. The van der Waals surface area contributed by atoms with Gasteiger partial charge in [0.15, 0.2) is 23.3 Å². The number of amides is 4. The molecular weight excluding hydrogens is 1570 g/mol. The van der Waals surface area contributed by atoms with Gasteiger partial charge in [-0.25, -0.2) is 39.9 Å². The number of nitrogens with zero attached hydrogens (tertiary/aromatic N) is 16. The molecule has 5 aliphatic heterocycles. The van der Waals surface area contributed by atoms with E-state index in [9.17, 15) is 19.2 Å². The molecule has 632 valence electrons. The van der Waals surface area contributed by atoms with Crippen molar-refractivity contribution in [2.75, 3.05) is 159 Å². The van der Waals surface area contributed by atoms with E-state index >= 15 is 0 Å². The van der Waals surface area contributed by atoms with E-state index in [1.54, 1.807) is 117 Å². The van der Waals surface area contributed by atoms with E-state index in [1.807, 2.05) is 109 Å². The van der Waals surface area contributed by atoms with Gasteiger partial charge < -0.3 is 76.6 Å². The van der Waals surface area contributed by atoms with Crippen molar-refractivity contribution in [3.05, 3.63) is 254 Å². The van der Waals surface area contributed by atoms with Crippen LogP contribution in [0.3, 0.4) is 0 Å². The topological polar surface area (TPSA) is 366 Å². The van der Waals surface area contributed by atoms with Gasteiger partial charge >= 0.3 is 0 Å². The van der Waals surface area contributed by atoms with Crippen LogP contribution >= 0.6 is 11.3 Å². The van der Waals surface area contributed by atoms with Crippen LogP contribution in [0.5, 0.6) is 11.5 Å². The highest BCUT2D eigenvalue weighted by Gasteiger charge is 2.25. The molecule has 0 saturated carbocycles. The number of carbonyl (C=O) groups is 4. The van der Waals surface area contributed by atoms with Crippen LogP contribution < -0.4 is 71.6 Å². The van der Waals surface area contributed by atoms with E-state index in [1.165, 1.54) is 4.70 Å². The third-order valence-corrected chi connectivity index (χ3v) is 21.3. The zero-order valence-corrected chi connectivity index (χ0v) is 65.9. The summed E-state index contributed by atoms with van der Waals surface area (Å²) < 4.78 is 11.9. The first kappa shape index (κ1) is 88.1. The normalized spacial score (nSPS) is 13.9. The molecular formula is C91H101N25O6S. The lowest BCUT2D eigenvalue weighted by Gasteiger charge is -2.30. The Bertz CT molecular complexity index is 5890. The number of anilines is 8. The van der Waals surface area contributed by atoms with Crippen molar-refractivity contribution < 1.29 is 28.7 Å². The van der Waals surface area contributed by atoms with Gasteiger partial charge in [0.2, 0.25) is 0 Å². The Morgan fingerprint density at radius 2 is 0.805 bits per heavy atom. The Morgan fingerprint density at radius 3 is 1.24 bits per heavy atom. The van der Waals surface area contributed by atoms with E-state index < -0.39 is 0 Å². The average Bonchev–Trinajstić information content (AvgIpc) is 1.23. The largest absolute Gasteiger partial charge is 0.497 e. The van der Waals surface area contributed by atoms with Crippen LogP contribution in [0.2, 0.25) is 0 Å². The summed E-state index contributed by atoms with van der Waals surface area (Å²) in [6.07, 6.45) is 22.9. The highest BCUT2D eigenvalue weighted by molar-refractivity contribution is 7.17. The minimum atomic E-state index is -0.299. The number of H-pyrrole nitrogens is 1. The SMILES string of the molecule is C.C.C.C.COc1ccc(-c2nccc(C(=O)Nc3cnccc3N3CCNCC3)n2)cc1.O=C(Nc1cnccc1N1CCNCC1)c1ccnc(-c2ccc3c(c2)CCO3)n1.O=C(Nc1cnccc1N1CCNCC1)c1ccnc(-c2ccc3sccc3c2)n1.O=C(Nc1cnccc1N1CCNCC1)c1ccnc(-c2cccc3[nH]ccc23)n1. The van der Waals surface area contributed by atoms with Gasteiger partial charge in [-0.3, -0.25) is 39.1 Å². The zero-order valence-electron chi connectivity index (χ0n) is 65.1. The molecule has 0 radical (unpaired) electrons. The second-order valence-electron chi connectivity index (χ2n) is 28.0. The van der Waals surface area contributed by atoms with Gasteiger partial charge in [-0.05, 0) is 144 Å². The van der Waals surface area contributed by atoms with Crippen molar-refractivity contribution in [2.45, 2.75) is 36.1 Å². The van der Waals surface area contributed by atoms with Crippen LogP contribution in [0.4, 0.5) is 45.5 Å². The molecule has 123 heavy (non-hydrogen) atoms. The monoisotopic (exact) mass is 1670 g/mol. The molecule has 4 amide bonds. The molecule has 4 aromatic carbocycles. The van der Waals surface area contributed by atoms with Gasteiger partial charge in [0.1, 0.15) is 34.3 Å². The van der Waals surface area contributed by atoms with Crippen molar-refractivity contribution in [1.29, 1.82) is 0 Å². The standard InChI is InChI=1S/C22H21N7O.C22H22N6O2.C22H20N6OS.C21H22N6O2.4CH4/c30-22(28-19-14-24-7-6-20(19)29-12-10-23-11-13-29)18-5-9-26-21(27-18)16-2-1-3-17-15(16)4-8-25-17;2*29-22(27-18-14-24-6-4-19(18)28-10-8-23-9-11-28)17-3-7-25-21(26-17)16-1-2-20-15(13-16)5-12-30-20;1-29-16-4-2-15(3-5-16)20-24-9-6-17(25-20)21(28)26-18-14-23-8-7-19(18)27-12-10-22-11-13-27;;;;/h1-9,14,23,25H,10-13H2,(H,28,30);1-4,6-7,13-14,23H,5,8-12H2,(H,27,29);1-7,12-14,23H,8-11H2,(H,27,29);2-9,14,22H,10-13H2,1H3,(H,26,28);4*1H4. The molecule has 9 N–H and O–H groups in total. The molecule has 5 aliphatic rings. The quantitative estimate of drug-likeness (QED) is 0.0409. The Labute approximate surface area is 718 Å². The maximum absolute atomic E-state index is 13.0. The maximum atomic E-state index is 13.0. The third kappa shape index (κ3) is 21.7. The number of hydrogen-bond acceptors (Lipinski definition) is 27. The molecule has 19 rings (SSSR count). The molecule has 4 fully saturated rings. The number of fused-ring (bicyclic) bond motifs is 3.